The molecule has 1 fully saturated rings. The van der Waals surface area contributed by atoms with Crippen molar-refractivity contribution < 1.29 is 14.2 Å². The zero-order valence-corrected chi connectivity index (χ0v) is 18.1. The number of aryl methyl sites for hydroxylation is 2. The van der Waals surface area contributed by atoms with Crippen molar-refractivity contribution in [2.45, 2.75) is 33.2 Å². The van der Waals surface area contributed by atoms with Gasteiger partial charge >= 0.3 is 0 Å². The van der Waals surface area contributed by atoms with Gasteiger partial charge in [-0.3, -0.25) is 19.8 Å². The zero-order chi connectivity index (χ0) is 22.7. The molecule has 0 bridgehead atoms. The van der Waals surface area contributed by atoms with Crippen molar-refractivity contribution in [3.63, 3.8) is 0 Å². The van der Waals surface area contributed by atoms with Crippen molar-refractivity contribution >= 4 is 17.3 Å². The first kappa shape index (κ1) is 21.6. The van der Waals surface area contributed by atoms with E-state index in [4.69, 9.17) is 4.52 Å². The Kier molecular flexibility index (Phi) is 6.27. The number of aromatic nitrogens is 2. The highest BCUT2D eigenvalue weighted by molar-refractivity contribution is 5.93. The van der Waals surface area contributed by atoms with Crippen molar-refractivity contribution in [3.05, 3.63) is 69.6 Å². The second-order valence-electron chi connectivity index (χ2n) is 8.20. The summed E-state index contributed by atoms with van der Waals surface area (Å²) in [5.41, 5.74) is 3.27. The molecule has 1 aliphatic heterocycles. The van der Waals surface area contributed by atoms with Gasteiger partial charge in [-0.1, -0.05) is 41.1 Å². The molecule has 0 spiro atoms. The number of carbonyl (C=O) groups is 1. The van der Waals surface area contributed by atoms with Crippen LogP contribution in [0.1, 0.15) is 29.9 Å². The SMILES string of the molecule is Cc1ccc(-c2noc(CN3CCCC(C(=O)Nc4cc([N+](=O)[O-])ccc4C)C3)n2)cc1. The Bertz CT molecular complexity index is 1130. The molecule has 1 N–H and O–H groups in total. The topological polar surface area (TPSA) is 114 Å². The number of benzene rings is 2. The number of hydrogen-bond donors (Lipinski definition) is 1. The monoisotopic (exact) mass is 435 g/mol. The lowest BCUT2D eigenvalue weighted by Gasteiger charge is -2.31. The lowest BCUT2D eigenvalue weighted by Crippen LogP contribution is -2.40. The number of anilines is 1. The van der Waals surface area contributed by atoms with Crippen LogP contribution < -0.4 is 5.32 Å². The summed E-state index contributed by atoms with van der Waals surface area (Å²) in [6.45, 7) is 5.70. The van der Waals surface area contributed by atoms with E-state index < -0.39 is 4.92 Å². The van der Waals surface area contributed by atoms with E-state index in [1.165, 1.54) is 12.1 Å². The molecule has 1 unspecified atom stereocenters. The van der Waals surface area contributed by atoms with E-state index >= 15 is 0 Å². The summed E-state index contributed by atoms with van der Waals surface area (Å²) in [6.07, 6.45) is 1.62. The smallest absolute Gasteiger partial charge is 0.271 e. The summed E-state index contributed by atoms with van der Waals surface area (Å²) in [7, 11) is 0. The molecule has 32 heavy (non-hydrogen) atoms. The van der Waals surface area contributed by atoms with Crippen LogP contribution in [0.3, 0.4) is 0 Å². The molecule has 9 heteroatoms. The highest BCUT2D eigenvalue weighted by Gasteiger charge is 2.27. The lowest BCUT2D eigenvalue weighted by atomic mass is 9.97. The summed E-state index contributed by atoms with van der Waals surface area (Å²) in [5, 5.41) is 18.0. The molecule has 1 amide bonds. The Morgan fingerprint density at radius 3 is 2.78 bits per heavy atom. The van der Waals surface area contributed by atoms with Crippen LogP contribution in [-0.4, -0.2) is 39.0 Å². The first-order valence-corrected chi connectivity index (χ1v) is 10.6. The molecular formula is C23H25N5O4. The molecule has 2 heterocycles. The average molecular weight is 435 g/mol. The highest BCUT2D eigenvalue weighted by atomic mass is 16.6. The van der Waals surface area contributed by atoms with Gasteiger partial charge in [-0.05, 0) is 38.8 Å². The molecule has 0 radical (unpaired) electrons. The van der Waals surface area contributed by atoms with Crippen molar-refractivity contribution in [3.8, 4) is 11.4 Å². The van der Waals surface area contributed by atoms with Crippen LogP contribution in [0, 0.1) is 29.9 Å². The van der Waals surface area contributed by atoms with Gasteiger partial charge in [0, 0.05) is 24.2 Å². The van der Waals surface area contributed by atoms with Crippen LogP contribution in [0.25, 0.3) is 11.4 Å². The van der Waals surface area contributed by atoms with Gasteiger partial charge < -0.3 is 9.84 Å². The van der Waals surface area contributed by atoms with Crippen LogP contribution in [0.2, 0.25) is 0 Å². The number of likely N-dealkylation sites (tertiary alicyclic amines) is 1. The summed E-state index contributed by atoms with van der Waals surface area (Å²) in [5.74, 6) is 0.703. The fourth-order valence-electron chi connectivity index (χ4n) is 3.84. The molecule has 1 aromatic heterocycles. The Morgan fingerprint density at radius 1 is 1.25 bits per heavy atom. The molecule has 4 rings (SSSR count). The van der Waals surface area contributed by atoms with E-state index in [0.717, 1.165) is 36.1 Å². The standard InChI is InChI=1S/C23H25N5O4/c1-15-5-8-17(9-6-15)22-25-21(32-26-22)14-27-11-3-4-18(13-27)23(29)24-20-12-19(28(30)31)10-7-16(20)2/h5-10,12,18H,3-4,11,13-14H2,1-2H3,(H,24,29). The van der Waals surface area contributed by atoms with Crippen LogP contribution in [0.15, 0.2) is 47.0 Å². The number of hydrogen-bond acceptors (Lipinski definition) is 7. The second kappa shape index (κ2) is 9.27. The maximum atomic E-state index is 12.9. The van der Waals surface area contributed by atoms with Gasteiger partial charge in [0.15, 0.2) is 0 Å². The number of nitro benzene ring substituents is 1. The van der Waals surface area contributed by atoms with Gasteiger partial charge in [0.25, 0.3) is 5.69 Å². The number of carbonyl (C=O) groups excluding carboxylic acids is 1. The molecule has 2 aromatic carbocycles. The lowest BCUT2D eigenvalue weighted by molar-refractivity contribution is -0.384. The van der Waals surface area contributed by atoms with Crippen LogP contribution in [-0.2, 0) is 11.3 Å². The maximum Gasteiger partial charge on any atom is 0.271 e. The number of nitrogens with zero attached hydrogens (tertiary/aromatic N) is 4. The van der Waals surface area contributed by atoms with Crippen molar-refractivity contribution in [1.82, 2.24) is 15.0 Å². The normalized spacial score (nSPS) is 16.6. The van der Waals surface area contributed by atoms with Gasteiger partial charge in [0.1, 0.15) is 0 Å². The first-order chi connectivity index (χ1) is 15.4. The Hall–Kier alpha value is -3.59. The summed E-state index contributed by atoms with van der Waals surface area (Å²) < 4.78 is 5.43. The molecule has 9 nitrogen and oxygen atoms in total. The molecule has 1 saturated heterocycles. The van der Waals surface area contributed by atoms with E-state index in [1.54, 1.807) is 6.07 Å². The minimum absolute atomic E-state index is 0.0445. The number of rotatable bonds is 6. The Labute approximate surface area is 185 Å². The minimum atomic E-state index is -0.466. The van der Waals surface area contributed by atoms with Crippen LogP contribution >= 0.6 is 0 Å². The fourth-order valence-corrected chi connectivity index (χ4v) is 3.84. The predicted molar refractivity (Wildman–Crippen MR) is 119 cm³/mol. The van der Waals surface area contributed by atoms with Gasteiger partial charge in [0.2, 0.25) is 17.6 Å². The molecule has 0 saturated carbocycles. The number of amides is 1. The van der Waals surface area contributed by atoms with E-state index in [9.17, 15) is 14.9 Å². The van der Waals surface area contributed by atoms with Gasteiger partial charge in [-0.25, -0.2) is 0 Å². The van der Waals surface area contributed by atoms with Gasteiger partial charge in [0.05, 0.1) is 23.1 Å². The van der Waals surface area contributed by atoms with Crippen molar-refractivity contribution in [1.29, 1.82) is 0 Å². The van der Waals surface area contributed by atoms with E-state index in [2.05, 4.69) is 20.4 Å². The number of nitrogens with one attached hydrogen (secondary N) is 1. The van der Waals surface area contributed by atoms with Crippen LogP contribution in [0.5, 0.6) is 0 Å². The molecule has 166 valence electrons. The third-order valence-electron chi connectivity index (χ3n) is 5.70. The molecule has 3 aromatic rings. The van der Waals surface area contributed by atoms with E-state index in [1.807, 2.05) is 38.1 Å². The maximum absolute atomic E-state index is 12.9. The Morgan fingerprint density at radius 2 is 2.03 bits per heavy atom. The Balaban J connectivity index is 1.38. The highest BCUT2D eigenvalue weighted by Crippen LogP contribution is 2.25. The summed E-state index contributed by atoms with van der Waals surface area (Å²) in [6, 6.07) is 12.4. The van der Waals surface area contributed by atoms with Crippen molar-refractivity contribution in [2.24, 2.45) is 5.92 Å². The van der Waals surface area contributed by atoms with E-state index in [0.29, 0.717) is 30.5 Å². The molecular weight excluding hydrogens is 410 g/mol. The van der Waals surface area contributed by atoms with Gasteiger partial charge in [-0.2, -0.15) is 4.98 Å². The first-order valence-electron chi connectivity index (χ1n) is 10.6. The number of non-ortho nitro benzene ring substituents is 1. The van der Waals surface area contributed by atoms with Crippen LogP contribution in [0.4, 0.5) is 11.4 Å². The number of piperidine rings is 1. The predicted octanol–water partition coefficient (Wildman–Crippen LogP) is 4.11. The minimum Gasteiger partial charge on any atom is -0.338 e. The molecule has 1 aliphatic rings. The van der Waals surface area contributed by atoms with E-state index in [-0.39, 0.29) is 17.5 Å². The quantitative estimate of drug-likeness (QED) is 0.458. The average Bonchev–Trinajstić information content (AvgIpc) is 3.24. The molecule has 1 atom stereocenters. The molecule has 0 aliphatic carbocycles. The number of nitro groups is 1. The third-order valence-corrected chi connectivity index (χ3v) is 5.70. The summed E-state index contributed by atoms with van der Waals surface area (Å²) in [4.78, 5) is 30.1. The third kappa shape index (κ3) is 5.00. The fraction of sp³-hybridized carbons (Fsp3) is 0.348. The largest absolute Gasteiger partial charge is 0.338 e. The zero-order valence-electron chi connectivity index (χ0n) is 18.1. The van der Waals surface area contributed by atoms with Crippen molar-refractivity contribution in [2.75, 3.05) is 18.4 Å². The van der Waals surface area contributed by atoms with Gasteiger partial charge in [-0.15, -0.1) is 0 Å². The summed E-state index contributed by atoms with van der Waals surface area (Å²) >= 11 is 0. The second-order valence-corrected chi connectivity index (χ2v) is 8.20.